The van der Waals surface area contributed by atoms with Gasteiger partial charge in [0.1, 0.15) is 0 Å². The van der Waals surface area contributed by atoms with E-state index in [-0.39, 0.29) is 0 Å². The lowest BCUT2D eigenvalue weighted by molar-refractivity contribution is 0.316. The van der Waals surface area contributed by atoms with Gasteiger partial charge < -0.3 is 5.21 Å². The molecule has 0 unspecified atom stereocenters. The summed E-state index contributed by atoms with van der Waals surface area (Å²) in [4.78, 5) is 0. The maximum absolute atomic E-state index is 8.11. The Kier molecular flexibility index (Phi) is 7.27. The van der Waals surface area contributed by atoms with Crippen LogP contribution in [0.25, 0.3) is 0 Å². The zero-order chi connectivity index (χ0) is 12.6. The largest absolute Gasteiger partial charge is 0.411 e. The van der Waals surface area contributed by atoms with Crippen LogP contribution in [0.2, 0.25) is 0 Å². The lowest BCUT2D eigenvalue weighted by Crippen LogP contribution is -1.90. The highest BCUT2D eigenvalue weighted by atomic mass is 16.4. The predicted molar refractivity (Wildman–Crippen MR) is 70.5 cm³/mol. The second-order valence-electron chi connectivity index (χ2n) is 4.04. The van der Waals surface area contributed by atoms with E-state index in [1.54, 1.807) is 0 Å². The smallest absolute Gasteiger partial charge is 0.0565 e. The number of oxime groups is 1. The molecule has 16 heavy (non-hydrogen) atoms. The number of benzene rings is 1. The van der Waals surface area contributed by atoms with E-state index in [1.807, 2.05) is 13.8 Å². The van der Waals surface area contributed by atoms with E-state index in [0.29, 0.717) is 0 Å². The number of hydrogen-bond acceptors (Lipinski definition) is 2. The van der Waals surface area contributed by atoms with Crippen LogP contribution in [-0.4, -0.2) is 10.9 Å². The average molecular weight is 221 g/mol. The summed E-state index contributed by atoms with van der Waals surface area (Å²) in [5.74, 6) is 0. The molecule has 0 aliphatic rings. The molecule has 0 bridgehead atoms. The minimum absolute atomic E-state index is 0.854. The summed E-state index contributed by atoms with van der Waals surface area (Å²) in [5, 5.41) is 11.2. The molecule has 0 saturated carbocycles. The van der Waals surface area contributed by atoms with Crippen molar-refractivity contribution in [2.75, 3.05) is 0 Å². The van der Waals surface area contributed by atoms with Crippen LogP contribution < -0.4 is 0 Å². The first-order valence-electron chi connectivity index (χ1n) is 5.78. The predicted octanol–water partition coefficient (Wildman–Crippen LogP) is 4.25. The minimum atomic E-state index is 0.854. The van der Waals surface area contributed by atoms with Crippen molar-refractivity contribution in [2.45, 2.75) is 47.5 Å². The highest BCUT2D eigenvalue weighted by Crippen LogP contribution is 2.06. The molecule has 1 N–H and O–H groups in total. The van der Waals surface area contributed by atoms with E-state index in [4.69, 9.17) is 5.21 Å². The van der Waals surface area contributed by atoms with Crippen molar-refractivity contribution in [1.82, 2.24) is 0 Å². The van der Waals surface area contributed by atoms with Crippen LogP contribution in [0.1, 0.15) is 43.4 Å². The summed E-state index contributed by atoms with van der Waals surface area (Å²) >= 11 is 0. The first-order chi connectivity index (χ1) is 7.53. The van der Waals surface area contributed by atoms with Gasteiger partial charge in [0.15, 0.2) is 0 Å². The molecule has 0 heterocycles. The van der Waals surface area contributed by atoms with E-state index in [0.717, 1.165) is 18.6 Å². The fraction of sp³-hybridized carbons (Fsp3) is 0.500. The Morgan fingerprint density at radius 2 is 1.25 bits per heavy atom. The second kappa shape index (κ2) is 7.91. The maximum Gasteiger partial charge on any atom is 0.0565 e. The maximum atomic E-state index is 8.11. The van der Waals surface area contributed by atoms with Gasteiger partial charge in [-0.15, -0.1) is 0 Å². The van der Waals surface area contributed by atoms with Crippen molar-refractivity contribution in [1.29, 1.82) is 0 Å². The Hall–Kier alpha value is -1.31. The Morgan fingerprint density at radius 1 is 0.938 bits per heavy atom. The summed E-state index contributed by atoms with van der Waals surface area (Å²) < 4.78 is 0. The van der Waals surface area contributed by atoms with Gasteiger partial charge in [-0.3, -0.25) is 0 Å². The topological polar surface area (TPSA) is 32.6 Å². The van der Waals surface area contributed by atoms with Crippen LogP contribution in [0.15, 0.2) is 23.4 Å². The number of hydrogen-bond donors (Lipinski definition) is 1. The lowest BCUT2D eigenvalue weighted by Gasteiger charge is -1.96. The van der Waals surface area contributed by atoms with Gasteiger partial charge in [0.2, 0.25) is 0 Å². The number of rotatable bonds is 2. The zero-order valence-corrected chi connectivity index (χ0v) is 11.0. The van der Waals surface area contributed by atoms with E-state index in [1.165, 1.54) is 16.7 Å². The van der Waals surface area contributed by atoms with Gasteiger partial charge >= 0.3 is 0 Å². The van der Waals surface area contributed by atoms with E-state index < -0.39 is 0 Å². The third kappa shape index (κ3) is 6.23. The molecule has 0 saturated heterocycles. The molecule has 0 radical (unpaired) electrons. The van der Waals surface area contributed by atoms with Gasteiger partial charge in [-0.1, -0.05) is 53.9 Å². The van der Waals surface area contributed by atoms with Crippen LogP contribution >= 0.6 is 0 Å². The molecule has 0 fully saturated rings. The van der Waals surface area contributed by atoms with Crippen LogP contribution in [0, 0.1) is 20.8 Å². The fourth-order valence-electron chi connectivity index (χ4n) is 1.59. The zero-order valence-electron chi connectivity index (χ0n) is 11.0. The molecule has 1 aromatic rings. The SMILES string of the molecule is CCC(CC)=NO.Cc1cc(C)cc(C)c1. The highest BCUT2D eigenvalue weighted by Gasteiger charge is 1.87. The molecular formula is C14H23NO. The molecule has 0 spiro atoms. The molecule has 0 aliphatic heterocycles. The van der Waals surface area contributed by atoms with Crippen LogP contribution in [-0.2, 0) is 0 Å². The van der Waals surface area contributed by atoms with Crippen molar-refractivity contribution < 1.29 is 5.21 Å². The second-order valence-corrected chi connectivity index (χ2v) is 4.04. The number of nitrogens with zero attached hydrogens (tertiary/aromatic N) is 1. The van der Waals surface area contributed by atoms with E-state index >= 15 is 0 Å². The van der Waals surface area contributed by atoms with Gasteiger partial charge in [0, 0.05) is 0 Å². The Morgan fingerprint density at radius 3 is 1.38 bits per heavy atom. The first kappa shape index (κ1) is 14.7. The summed E-state index contributed by atoms with van der Waals surface area (Å²) in [5.41, 5.74) is 4.92. The third-order valence-corrected chi connectivity index (χ3v) is 2.32. The van der Waals surface area contributed by atoms with Crippen molar-refractivity contribution in [2.24, 2.45) is 5.16 Å². The quantitative estimate of drug-likeness (QED) is 0.452. The Balaban J connectivity index is 0.000000293. The molecule has 0 aliphatic carbocycles. The van der Waals surface area contributed by atoms with Crippen molar-refractivity contribution in [3.63, 3.8) is 0 Å². The Labute approximate surface area is 99.0 Å². The molecule has 1 aromatic carbocycles. The Bertz CT molecular complexity index is 286. The van der Waals surface area contributed by atoms with Crippen LogP contribution in [0.4, 0.5) is 0 Å². The average Bonchev–Trinajstić information content (AvgIpc) is 2.19. The lowest BCUT2D eigenvalue weighted by atomic mass is 10.1. The molecule has 0 atom stereocenters. The highest BCUT2D eigenvalue weighted by molar-refractivity contribution is 5.83. The van der Waals surface area contributed by atoms with Gasteiger partial charge in [-0.2, -0.15) is 0 Å². The van der Waals surface area contributed by atoms with E-state index in [2.05, 4.69) is 44.1 Å². The summed E-state index contributed by atoms with van der Waals surface area (Å²) in [6.45, 7) is 10.3. The van der Waals surface area contributed by atoms with Crippen LogP contribution in [0.5, 0.6) is 0 Å². The monoisotopic (exact) mass is 221 g/mol. The van der Waals surface area contributed by atoms with Gasteiger partial charge in [0.25, 0.3) is 0 Å². The summed E-state index contributed by atoms with van der Waals surface area (Å²) in [7, 11) is 0. The molecule has 2 nitrogen and oxygen atoms in total. The fourth-order valence-corrected chi connectivity index (χ4v) is 1.59. The normalized spacial score (nSPS) is 9.06. The van der Waals surface area contributed by atoms with Gasteiger partial charge in [0.05, 0.1) is 5.71 Å². The standard InChI is InChI=1S/C9H12.C5H11NO/c1-7-4-8(2)6-9(3)5-7;1-3-5(4-2)6-7/h4-6H,1-3H3;7H,3-4H2,1-2H3. The third-order valence-electron chi connectivity index (χ3n) is 2.32. The summed E-state index contributed by atoms with van der Waals surface area (Å²) in [6, 6.07) is 6.56. The van der Waals surface area contributed by atoms with Crippen molar-refractivity contribution in [3.8, 4) is 0 Å². The molecule has 90 valence electrons. The molecule has 2 heteroatoms. The summed E-state index contributed by atoms with van der Waals surface area (Å²) in [6.07, 6.45) is 1.71. The van der Waals surface area contributed by atoms with Crippen LogP contribution in [0.3, 0.4) is 0 Å². The number of aryl methyl sites for hydroxylation is 3. The molecule has 0 amide bonds. The molecule has 1 rings (SSSR count). The first-order valence-corrected chi connectivity index (χ1v) is 5.78. The van der Waals surface area contributed by atoms with E-state index in [9.17, 15) is 0 Å². The minimum Gasteiger partial charge on any atom is -0.411 e. The van der Waals surface area contributed by atoms with Crippen molar-refractivity contribution >= 4 is 5.71 Å². The van der Waals surface area contributed by atoms with Gasteiger partial charge in [-0.05, 0) is 33.6 Å². The van der Waals surface area contributed by atoms with Gasteiger partial charge in [-0.25, -0.2) is 0 Å². The molecular weight excluding hydrogens is 198 g/mol. The van der Waals surface area contributed by atoms with Crippen molar-refractivity contribution in [3.05, 3.63) is 34.9 Å². The molecule has 0 aromatic heterocycles.